The van der Waals surface area contributed by atoms with Crippen molar-refractivity contribution in [2.24, 2.45) is 5.73 Å². The lowest BCUT2D eigenvalue weighted by molar-refractivity contribution is 0.0561. The number of hydrogen-bond acceptors (Lipinski definition) is 4. The summed E-state index contributed by atoms with van der Waals surface area (Å²) < 4.78 is 4.71. The number of benzene rings is 1. The molecular formula is C9H9NO3S. The van der Waals surface area contributed by atoms with E-state index in [1.165, 1.54) is 12.1 Å². The van der Waals surface area contributed by atoms with Gasteiger partial charge in [-0.2, -0.15) is 0 Å². The van der Waals surface area contributed by atoms with Gasteiger partial charge in [-0.25, -0.2) is 4.79 Å². The minimum absolute atomic E-state index is 0.0915. The molecule has 1 aromatic rings. The number of thiocarbonyl (C=S) groups is 1. The molecule has 0 bridgehead atoms. The van der Waals surface area contributed by atoms with Crippen LogP contribution in [0, 0.1) is 0 Å². The quantitative estimate of drug-likeness (QED) is 0.572. The fraction of sp³-hybridized carbons (Fsp3) is 0.111. The van der Waals surface area contributed by atoms with E-state index in [-0.39, 0.29) is 22.9 Å². The van der Waals surface area contributed by atoms with E-state index in [9.17, 15) is 9.90 Å². The standard InChI is InChI=1S/C9H9NO3S/c10-8(14)5-13-9(12)6-3-1-2-4-7(6)11/h1-4,11H,5H2,(H2,10,14). The Labute approximate surface area is 86.3 Å². The molecule has 0 unspecified atom stereocenters. The summed E-state index contributed by atoms with van der Waals surface area (Å²) in [6.07, 6.45) is 0. The highest BCUT2D eigenvalue weighted by molar-refractivity contribution is 7.80. The predicted molar refractivity (Wildman–Crippen MR) is 55.2 cm³/mol. The maximum Gasteiger partial charge on any atom is 0.342 e. The highest BCUT2D eigenvalue weighted by Crippen LogP contribution is 2.16. The van der Waals surface area contributed by atoms with Crippen molar-refractivity contribution in [2.75, 3.05) is 6.61 Å². The molecule has 1 rings (SSSR count). The second-order valence-electron chi connectivity index (χ2n) is 2.56. The largest absolute Gasteiger partial charge is 0.507 e. The first-order valence-corrected chi connectivity index (χ1v) is 4.25. The molecular weight excluding hydrogens is 202 g/mol. The van der Waals surface area contributed by atoms with Gasteiger partial charge in [-0.15, -0.1) is 0 Å². The van der Waals surface area contributed by atoms with Crippen molar-refractivity contribution < 1.29 is 14.6 Å². The number of esters is 1. The molecule has 0 aliphatic carbocycles. The van der Waals surface area contributed by atoms with E-state index < -0.39 is 5.97 Å². The number of carbonyl (C=O) groups excluding carboxylic acids is 1. The lowest BCUT2D eigenvalue weighted by Crippen LogP contribution is -2.19. The number of rotatable bonds is 3. The molecule has 0 saturated heterocycles. The SMILES string of the molecule is NC(=S)COC(=O)c1ccccc1O. The fourth-order valence-electron chi connectivity index (χ4n) is 0.861. The second kappa shape index (κ2) is 4.57. The highest BCUT2D eigenvalue weighted by Gasteiger charge is 2.11. The van der Waals surface area contributed by atoms with Gasteiger partial charge in [-0.3, -0.25) is 0 Å². The third-order valence-corrected chi connectivity index (χ3v) is 1.59. The van der Waals surface area contributed by atoms with Crippen molar-refractivity contribution >= 4 is 23.2 Å². The zero-order chi connectivity index (χ0) is 10.6. The number of ether oxygens (including phenoxy) is 1. The Balaban J connectivity index is 2.70. The van der Waals surface area contributed by atoms with Crippen molar-refractivity contribution in [1.29, 1.82) is 0 Å². The molecule has 1 aromatic carbocycles. The molecule has 14 heavy (non-hydrogen) atoms. The van der Waals surface area contributed by atoms with Gasteiger partial charge in [0.05, 0.1) is 0 Å². The third-order valence-electron chi connectivity index (χ3n) is 1.47. The molecule has 0 atom stereocenters. The molecule has 0 amide bonds. The summed E-state index contributed by atoms with van der Waals surface area (Å²) in [7, 11) is 0. The number of phenols is 1. The third kappa shape index (κ3) is 2.70. The van der Waals surface area contributed by atoms with Gasteiger partial charge in [0.2, 0.25) is 0 Å². The summed E-state index contributed by atoms with van der Waals surface area (Å²) in [6.45, 7) is -0.123. The van der Waals surface area contributed by atoms with Crippen molar-refractivity contribution in [1.82, 2.24) is 0 Å². The van der Waals surface area contributed by atoms with Crippen LogP contribution in [-0.4, -0.2) is 22.7 Å². The number of hydrogen-bond donors (Lipinski definition) is 2. The van der Waals surface area contributed by atoms with Crippen molar-refractivity contribution in [3.8, 4) is 5.75 Å². The molecule has 0 radical (unpaired) electrons. The summed E-state index contributed by atoms with van der Waals surface area (Å²) in [5, 5.41) is 9.28. The smallest absolute Gasteiger partial charge is 0.342 e. The molecule has 0 aromatic heterocycles. The zero-order valence-corrected chi connectivity index (χ0v) is 8.08. The summed E-state index contributed by atoms with van der Waals surface area (Å²) in [5.74, 6) is -0.767. The number of carbonyl (C=O) groups is 1. The lowest BCUT2D eigenvalue weighted by atomic mass is 10.2. The van der Waals surface area contributed by atoms with Crippen LogP contribution in [0.4, 0.5) is 0 Å². The van der Waals surface area contributed by atoms with Gasteiger partial charge in [0.1, 0.15) is 22.9 Å². The number of phenolic OH excluding ortho intramolecular Hbond substituents is 1. The first-order valence-electron chi connectivity index (χ1n) is 3.84. The topological polar surface area (TPSA) is 72.5 Å². The van der Waals surface area contributed by atoms with Crippen LogP contribution < -0.4 is 5.73 Å². The van der Waals surface area contributed by atoms with Crippen LogP contribution in [-0.2, 0) is 4.74 Å². The van der Waals surface area contributed by atoms with Crippen LogP contribution in [0.15, 0.2) is 24.3 Å². The monoisotopic (exact) mass is 211 g/mol. The van der Waals surface area contributed by atoms with Crippen LogP contribution in [0.1, 0.15) is 10.4 Å². The molecule has 0 spiro atoms. The van der Waals surface area contributed by atoms with E-state index in [1.54, 1.807) is 12.1 Å². The van der Waals surface area contributed by atoms with Gasteiger partial charge < -0.3 is 15.6 Å². The van der Waals surface area contributed by atoms with Gasteiger partial charge >= 0.3 is 5.97 Å². The van der Waals surface area contributed by atoms with E-state index in [0.29, 0.717) is 0 Å². The zero-order valence-electron chi connectivity index (χ0n) is 7.27. The molecule has 0 fully saturated rings. The fourth-order valence-corrected chi connectivity index (χ4v) is 0.920. The van der Waals surface area contributed by atoms with Crippen LogP contribution in [0.3, 0.4) is 0 Å². The summed E-state index contributed by atoms with van der Waals surface area (Å²) in [5.41, 5.74) is 5.25. The van der Waals surface area contributed by atoms with Gasteiger partial charge in [0.25, 0.3) is 0 Å². The summed E-state index contributed by atoms with van der Waals surface area (Å²) in [4.78, 5) is 11.4. The number of para-hydroxylation sites is 1. The minimum atomic E-state index is -0.643. The first-order chi connectivity index (χ1) is 6.61. The lowest BCUT2D eigenvalue weighted by Gasteiger charge is -2.04. The molecule has 0 aliphatic rings. The Morgan fingerprint density at radius 2 is 2.14 bits per heavy atom. The van der Waals surface area contributed by atoms with Crippen molar-refractivity contribution in [3.05, 3.63) is 29.8 Å². The Morgan fingerprint density at radius 3 is 2.71 bits per heavy atom. The average Bonchev–Trinajstić information content (AvgIpc) is 2.15. The first kappa shape index (κ1) is 10.5. The van der Waals surface area contributed by atoms with Crippen molar-refractivity contribution in [2.45, 2.75) is 0 Å². The summed E-state index contributed by atoms with van der Waals surface area (Å²) >= 11 is 4.53. The maximum atomic E-state index is 11.3. The molecule has 0 saturated carbocycles. The second-order valence-corrected chi connectivity index (χ2v) is 3.08. The maximum absolute atomic E-state index is 11.3. The molecule has 5 heteroatoms. The van der Waals surface area contributed by atoms with Crippen LogP contribution in [0.25, 0.3) is 0 Å². The van der Waals surface area contributed by atoms with Crippen molar-refractivity contribution in [3.63, 3.8) is 0 Å². The molecule has 0 heterocycles. The Morgan fingerprint density at radius 1 is 1.50 bits per heavy atom. The van der Waals surface area contributed by atoms with Gasteiger partial charge in [-0.05, 0) is 12.1 Å². The molecule has 4 nitrogen and oxygen atoms in total. The molecule has 3 N–H and O–H groups in total. The van der Waals surface area contributed by atoms with Gasteiger partial charge in [0.15, 0.2) is 0 Å². The Hall–Kier alpha value is -1.62. The number of nitrogens with two attached hydrogens (primary N) is 1. The van der Waals surface area contributed by atoms with Crippen LogP contribution >= 0.6 is 12.2 Å². The summed E-state index contributed by atoms with van der Waals surface area (Å²) in [6, 6.07) is 6.09. The highest BCUT2D eigenvalue weighted by atomic mass is 32.1. The average molecular weight is 211 g/mol. The predicted octanol–water partition coefficient (Wildman–Crippen LogP) is 0.835. The van der Waals surface area contributed by atoms with E-state index in [4.69, 9.17) is 10.5 Å². The Kier molecular flexibility index (Phi) is 3.41. The van der Waals surface area contributed by atoms with E-state index in [1.807, 2.05) is 0 Å². The normalized spacial score (nSPS) is 9.43. The molecule has 0 aliphatic heterocycles. The minimum Gasteiger partial charge on any atom is -0.507 e. The van der Waals surface area contributed by atoms with Crippen LogP contribution in [0.2, 0.25) is 0 Å². The van der Waals surface area contributed by atoms with Gasteiger partial charge in [-0.1, -0.05) is 24.4 Å². The van der Waals surface area contributed by atoms with E-state index in [0.717, 1.165) is 0 Å². The van der Waals surface area contributed by atoms with E-state index in [2.05, 4.69) is 12.2 Å². The van der Waals surface area contributed by atoms with E-state index >= 15 is 0 Å². The number of aromatic hydroxyl groups is 1. The van der Waals surface area contributed by atoms with Gasteiger partial charge in [0, 0.05) is 0 Å². The molecule has 74 valence electrons. The Bertz CT molecular complexity index is 365. The van der Waals surface area contributed by atoms with Crippen LogP contribution in [0.5, 0.6) is 5.75 Å².